The van der Waals surface area contributed by atoms with Gasteiger partial charge in [-0.1, -0.05) is 0 Å². The zero-order valence-electron chi connectivity index (χ0n) is 12.9. The summed E-state index contributed by atoms with van der Waals surface area (Å²) < 4.78 is 16.3. The molecule has 1 saturated heterocycles. The van der Waals surface area contributed by atoms with Gasteiger partial charge in [-0.25, -0.2) is 4.98 Å². The van der Waals surface area contributed by atoms with Crippen molar-refractivity contribution in [1.82, 2.24) is 4.98 Å². The maximum absolute atomic E-state index is 12.3. The molecule has 0 spiro atoms. The zero-order valence-corrected chi connectivity index (χ0v) is 13.7. The minimum absolute atomic E-state index is 0.206. The quantitative estimate of drug-likeness (QED) is 0.920. The second-order valence-corrected chi connectivity index (χ2v) is 6.66. The lowest BCUT2D eigenvalue weighted by Crippen LogP contribution is -2.16. The van der Waals surface area contributed by atoms with Gasteiger partial charge in [0.2, 0.25) is 12.7 Å². The van der Waals surface area contributed by atoms with E-state index in [0.29, 0.717) is 28.6 Å². The number of nitrogens with zero attached hydrogens (tertiary/aromatic N) is 1. The van der Waals surface area contributed by atoms with Crippen molar-refractivity contribution in [3.63, 3.8) is 0 Å². The van der Waals surface area contributed by atoms with Crippen molar-refractivity contribution in [3.05, 3.63) is 42.1 Å². The van der Waals surface area contributed by atoms with Crippen LogP contribution in [-0.4, -0.2) is 35.3 Å². The van der Waals surface area contributed by atoms with Crippen molar-refractivity contribution in [2.45, 2.75) is 12.5 Å². The maximum Gasteiger partial charge on any atom is 0.257 e. The van der Waals surface area contributed by atoms with Gasteiger partial charge in [0.05, 0.1) is 5.56 Å². The van der Waals surface area contributed by atoms with Gasteiger partial charge in [0.1, 0.15) is 6.10 Å². The predicted molar refractivity (Wildman–Crippen MR) is 91.1 cm³/mol. The van der Waals surface area contributed by atoms with E-state index in [4.69, 9.17) is 14.2 Å². The molecule has 1 fully saturated rings. The van der Waals surface area contributed by atoms with Crippen molar-refractivity contribution in [2.24, 2.45) is 0 Å². The molecule has 3 heterocycles. The number of aromatic nitrogens is 1. The molecule has 1 aromatic heterocycles. The Balaban J connectivity index is 1.40. The lowest BCUT2D eigenvalue weighted by Gasteiger charge is -2.11. The smallest absolute Gasteiger partial charge is 0.257 e. The van der Waals surface area contributed by atoms with Gasteiger partial charge in [-0.3, -0.25) is 4.79 Å². The third kappa shape index (κ3) is 3.26. The van der Waals surface area contributed by atoms with Crippen LogP contribution in [0.1, 0.15) is 16.8 Å². The highest BCUT2D eigenvalue weighted by Crippen LogP contribution is 2.34. The Labute approximate surface area is 143 Å². The first-order valence-electron chi connectivity index (χ1n) is 7.69. The van der Waals surface area contributed by atoms with Crippen LogP contribution in [0, 0.1) is 0 Å². The summed E-state index contributed by atoms with van der Waals surface area (Å²) in [5, 5.41) is 2.82. The summed E-state index contributed by atoms with van der Waals surface area (Å²) in [5.41, 5.74) is 1.12. The summed E-state index contributed by atoms with van der Waals surface area (Å²) in [6, 6.07) is 8.73. The van der Waals surface area contributed by atoms with Crippen molar-refractivity contribution in [2.75, 3.05) is 23.6 Å². The predicted octanol–water partition coefficient (Wildman–Crippen LogP) is 2.95. The Morgan fingerprint density at radius 1 is 1.25 bits per heavy atom. The fraction of sp³-hybridized carbons (Fsp3) is 0.294. The molecule has 0 bridgehead atoms. The number of rotatable bonds is 4. The van der Waals surface area contributed by atoms with Gasteiger partial charge in [-0.15, -0.1) is 0 Å². The molecule has 0 unspecified atom stereocenters. The van der Waals surface area contributed by atoms with E-state index in [2.05, 4.69) is 10.3 Å². The van der Waals surface area contributed by atoms with Crippen molar-refractivity contribution in [3.8, 4) is 17.4 Å². The molecule has 4 rings (SSSR count). The summed E-state index contributed by atoms with van der Waals surface area (Å²) >= 11 is 1.88. The first-order chi connectivity index (χ1) is 11.8. The number of amides is 1. The molecule has 6 nitrogen and oxygen atoms in total. The highest BCUT2D eigenvalue weighted by atomic mass is 32.2. The Kier molecular flexibility index (Phi) is 4.17. The molecular formula is C17H16N2O4S. The van der Waals surface area contributed by atoms with Crippen LogP contribution in [0.25, 0.3) is 0 Å². The molecule has 0 saturated carbocycles. The monoisotopic (exact) mass is 344 g/mol. The topological polar surface area (TPSA) is 69.7 Å². The molecule has 1 atom stereocenters. The molecule has 0 aliphatic carbocycles. The lowest BCUT2D eigenvalue weighted by molar-refractivity contribution is 0.102. The van der Waals surface area contributed by atoms with Crippen molar-refractivity contribution >= 4 is 23.4 Å². The molecule has 7 heteroatoms. The number of hydrogen-bond acceptors (Lipinski definition) is 6. The van der Waals surface area contributed by atoms with Crippen LogP contribution in [0.5, 0.6) is 17.4 Å². The van der Waals surface area contributed by atoms with Crippen LogP contribution < -0.4 is 19.5 Å². The van der Waals surface area contributed by atoms with Gasteiger partial charge in [0.25, 0.3) is 5.91 Å². The van der Waals surface area contributed by atoms with Crippen LogP contribution in [0.4, 0.5) is 5.69 Å². The summed E-state index contributed by atoms with van der Waals surface area (Å²) in [6.45, 7) is 0.206. The molecule has 24 heavy (non-hydrogen) atoms. The van der Waals surface area contributed by atoms with E-state index in [-0.39, 0.29) is 18.8 Å². The summed E-state index contributed by atoms with van der Waals surface area (Å²) in [6.07, 6.45) is 2.79. The van der Waals surface area contributed by atoms with Gasteiger partial charge >= 0.3 is 0 Å². The molecule has 0 radical (unpaired) electrons. The third-order valence-electron chi connectivity index (χ3n) is 3.80. The van der Waals surface area contributed by atoms with E-state index in [1.165, 1.54) is 6.20 Å². The maximum atomic E-state index is 12.3. The molecule has 2 aliphatic rings. The van der Waals surface area contributed by atoms with E-state index in [1.54, 1.807) is 30.3 Å². The van der Waals surface area contributed by atoms with Crippen LogP contribution in [0.2, 0.25) is 0 Å². The zero-order chi connectivity index (χ0) is 16.4. The number of benzene rings is 1. The Hall–Kier alpha value is -2.41. The van der Waals surface area contributed by atoms with Gasteiger partial charge in [0.15, 0.2) is 11.5 Å². The number of fused-ring (bicyclic) bond motifs is 1. The number of thioether (sulfide) groups is 1. The highest BCUT2D eigenvalue weighted by Gasteiger charge is 2.18. The molecule has 124 valence electrons. The normalized spacial score (nSPS) is 18.4. The molecule has 1 amide bonds. The fourth-order valence-corrected chi connectivity index (χ4v) is 3.63. The van der Waals surface area contributed by atoms with Crippen molar-refractivity contribution in [1.29, 1.82) is 0 Å². The molecule has 1 aromatic carbocycles. The number of pyridine rings is 1. The largest absolute Gasteiger partial charge is 0.473 e. The first-order valence-corrected chi connectivity index (χ1v) is 8.85. The molecule has 1 N–H and O–H groups in total. The number of carbonyl (C=O) groups excluding carboxylic acids is 1. The van der Waals surface area contributed by atoms with Gasteiger partial charge in [0, 0.05) is 29.8 Å². The first kappa shape index (κ1) is 15.1. The number of carbonyl (C=O) groups is 1. The number of ether oxygens (including phenoxy) is 3. The molecule has 2 aromatic rings. The van der Waals surface area contributed by atoms with Crippen LogP contribution in [0.3, 0.4) is 0 Å². The van der Waals surface area contributed by atoms with Crippen LogP contribution in [0.15, 0.2) is 36.5 Å². The number of anilines is 1. The van der Waals surface area contributed by atoms with Crippen LogP contribution in [-0.2, 0) is 0 Å². The highest BCUT2D eigenvalue weighted by molar-refractivity contribution is 7.99. The van der Waals surface area contributed by atoms with E-state index in [0.717, 1.165) is 17.9 Å². The van der Waals surface area contributed by atoms with Gasteiger partial charge < -0.3 is 19.5 Å². The van der Waals surface area contributed by atoms with Crippen LogP contribution >= 0.6 is 11.8 Å². The molecule has 2 aliphatic heterocycles. The number of hydrogen-bond donors (Lipinski definition) is 1. The number of nitrogens with one attached hydrogen (secondary N) is 1. The SMILES string of the molecule is O=C(Nc1ccc2c(c1)OCO2)c1ccc(O[C@H]2CCSC2)nc1. The Morgan fingerprint density at radius 3 is 2.96 bits per heavy atom. The van der Waals surface area contributed by atoms with E-state index < -0.39 is 0 Å². The minimum Gasteiger partial charge on any atom is -0.473 e. The summed E-state index contributed by atoms with van der Waals surface area (Å²) in [5.74, 6) is 3.76. The summed E-state index contributed by atoms with van der Waals surface area (Å²) in [7, 11) is 0. The average molecular weight is 344 g/mol. The lowest BCUT2D eigenvalue weighted by atomic mass is 10.2. The fourth-order valence-electron chi connectivity index (χ4n) is 2.54. The van der Waals surface area contributed by atoms with Gasteiger partial charge in [-0.05, 0) is 30.4 Å². The van der Waals surface area contributed by atoms with E-state index in [1.807, 2.05) is 11.8 Å². The van der Waals surface area contributed by atoms with E-state index in [9.17, 15) is 4.79 Å². The van der Waals surface area contributed by atoms with Crippen molar-refractivity contribution < 1.29 is 19.0 Å². The van der Waals surface area contributed by atoms with Gasteiger partial charge in [-0.2, -0.15) is 11.8 Å². The Bertz CT molecular complexity index is 745. The second-order valence-electron chi connectivity index (χ2n) is 5.51. The minimum atomic E-state index is -0.232. The third-order valence-corrected chi connectivity index (χ3v) is 4.94. The second kappa shape index (κ2) is 6.60. The molecular weight excluding hydrogens is 328 g/mol. The average Bonchev–Trinajstić information content (AvgIpc) is 3.26. The summed E-state index contributed by atoms with van der Waals surface area (Å²) in [4.78, 5) is 16.5. The standard InChI is InChI=1S/C17H16N2O4S/c20-17(19-12-2-3-14-15(7-12)22-10-21-14)11-1-4-16(18-8-11)23-13-5-6-24-9-13/h1-4,7-8,13H,5-6,9-10H2,(H,19,20)/t13-/m0/s1. The van der Waals surface area contributed by atoms with E-state index >= 15 is 0 Å². The Morgan fingerprint density at radius 2 is 2.17 bits per heavy atom.